The summed E-state index contributed by atoms with van der Waals surface area (Å²) in [5.74, 6) is 1.21. The summed E-state index contributed by atoms with van der Waals surface area (Å²) in [6, 6.07) is 8.90. The van der Waals surface area contributed by atoms with Gasteiger partial charge >= 0.3 is 0 Å². The summed E-state index contributed by atoms with van der Waals surface area (Å²) in [5.41, 5.74) is 1.90. The number of ether oxygens (including phenoxy) is 1. The molecule has 1 aromatic carbocycles. The number of fused-ring (bicyclic) bond motifs is 3. The molecule has 0 spiro atoms. The van der Waals surface area contributed by atoms with E-state index in [9.17, 15) is 4.79 Å². The van der Waals surface area contributed by atoms with Crippen LogP contribution in [-0.4, -0.2) is 41.1 Å². The number of rotatable bonds is 5. The van der Waals surface area contributed by atoms with E-state index in [4.69, 9.17) is 9.26 Å². The third-order valence-corrected chi connectivity index (χ3v) is 5.76. The van der Waals surface area contributed by atoms with Crippen LogP contribution >= 0.6 is 0 Å². The summed E-state index contributed by atoms with van der Waals surface area (Å²) >= 11 is 0. The highest BCUT2D eigenvalue weighted by atomic mass is 16.5. The number of nitrogens with zero attached hydrogens (tertiary/aromatic N) is 2. The fourth-order valence-electron chi connectivity index (χ4n) is 4.23. The number of piperidine rings is 1. The van der Waals surface area contributed by atoms with E-state index in [1.165, 1.54) is 19.3 Å². The van der Waals surface area contributed by atoms with Crippen molar-refractivity contribution in [3.05, 3.63) is 35.5 Å². The Bertz CT molecular complexity index is 807. The Kier molecular flexibility index (Phi) is 5.16. The van der Waals surface area contributed by atoms with Crippen molar-refractivity contribution in [1.29, 1.82) is 0 Å². The van der Waals surface area contributed by atoms with Gasteiger partial charge in [0.05, 0.1) is 11.1 Å². The zero-order chi connectivity index (χ0) is 18.8. The predicted octanol–water partition coefficient (Wildman–Crippen LogP) is 3.62. The van der Waals surface area contributed by atoms with Crippen molar-refractivity contribution in [2.24, 2.45) is 0 Å². The van der Waals surface area contributed by atoms with Gasteiger partial charge in [-0.15, -0.1) is 0 Å². The average Bonchev–Trinajstić information content (AvgIpc) is 3.11. The molecule has 1 N–H and O–H groups in total. The van der Waals surface area contributed by atoms with E-state index in [1.807, 2.05) is 24.3 Å². The largest absolute Gasteiger partial charge is 0.488 e. The molecule has 27 heavy (non-hydrogen) atoms. The minimum Gasteiger partial charge on any atom is -0.488 e. The number of hydrogen-bond acceptors (Lipinski definition) is 5. The molecule has 2 atom stereocenters. The fourth-order valence-corrected chi connectivity index (χ4v) is 4.23. The summed E-state index contributed by atoms with van der Waals surface area (Å²) in [6.45, 7) is 6.55. The highest BCUT2D eigenvalue weighted by molar-refractivity contribution is 5.95. The molecule has 0 bridgehead atoms. The summed E-state index contributed by atoms with van der Waals surface area (Å²) < 4.78 is 11.2. The number of para-hydroxylation sites is 1. The second-order valence-corrected chi connectivity index (χ2v) is 7.60. The van der Waals surface area contributed by atoms with E-state index in [-0.39, 0.29) is 5.91 Å². The van der Waals surface area contributed by atoms with Gasteiger partial charge in [0.1, 0.15) is 12.4 Å². The highest BCUT2D eigenvalue weighted by Gasteiger charge is 2.28. The van der Waals surface area contributed by atoms with E-state index in [2.05, 4.69) is 29.2 Å². The number of carbonyl (C=O) groups is 1. The molecule has 2 aliphatic rings. The quantitative estimate of drug-likeness (QED) is 0.816. The van der Waals surface area contributed by atoms with Gasteiger partial charge in [-0.05, 0) is 45.2 Å². The molecule has 2 unspecified atom stereocenters. The van der Waals surface area contributed by atoms with Crippen molar-refractivity contribution in [3.8, 4) is 17.1 Å². The SMILES string of the molecule is CC1CCCC(C)N1CCCNC(=O)c1noc2c1COc1ccccc1-2. The van der Waals surface area contributed by atoms with Crippen LogP contribution < -0.4 is 10.1 Å². The van der Waals surface area contributed by atoms with Crippen LogP contribution in [0.15, 0.2) is 28.8 Å². The maximum absolute atomic E-state index is 12.6. The minimum absolute atomic E-state index is 0.192. The van der Waals surface area contributed by atoms with Gasteiger partial charge in [-0.25, -0.2) is 0 Å². The van der Waals surface area contributed by atoms with Gasteiger partial charge in [-0.3, -0.25) is 9.69 Å². The number of nitrogens with one attached hydrogen (secondary N) is 1. The van der Waals surface area contributed by atoms with Gasteiger partial charge in [0.25, 0.3) is 5.91 Å². The molecule has 6 nitrogen and oxygen atoms in total. The average molecular weight is 369 g/mol. The second-order valence-electron chi connectivity index (χ2n) is 7.60. The first-order valence-electron chi connectivity index (χ1n) is 9.90. The first-order valence-corrected chi connectivity index (χ1v) is 9.90. The summed E-state index contributed by atoms with van der Waals surface area (Å²) in [7, 11) is 0. The lowest BCUT2D eigenvalue weighted by Crippen LogP contribution is -2.44. The molecule has 2 aromatic rings. The van der Waals surface area contributed by atoms with E-state index in [1.54, 1.807) is 0 Å². The lowest BCUT2D eigenvalue weighted by atomic mass is 9.97. The molecule has 0 saturated carbocycles. The van der Waals surface area contributed by atoms with Crippen molar-refractivity contribution in [2.75, 3.05) is 13.1 Å². The smallest absolute Gasteiger partial charge is 0.273 e. The third kappa shape index (κ3) is 3.58. The molecule has 144 valence electrons. The van der Waals surface area contributed by atoms with Crippen LogP contribution in [0.2, 0.25) is 0 Å². The van der Waals surface area contributed by atoms with Crippen LogP contribution in [-0.2, 0) is 6.61 Å². The number of carbonyl (C=O) groups excluding carboxylic acids is 1. The molecule has 2 aliphatic heterocycles. The van der Waals surface area contributed by atoms with Gasteiger partial charge in [0.2, 0.25) is 0 Å². The summed E-state index contributed by atoms with van der Waals surface area (Å²) in [5, 5.41) is 7.00. The third-order valence-electron chi connectivity index (χ3n) is 5.76. The zero-order valence-electron chi connectivity index (χ0n) is 16.0. The molecule has 1 saturated heterocycles. The Morgan fingerprint density at radius 3 is 2.85 bits per heavy atom. The van der Waals surface area contributed by atoms with Crippen LogP contribution in [0.1, 0.15) is 55.6 Å². The minimum atomic E-state index is -0.192. The molecular formula is C21H27N3O3. The van der Waals surface area contributed by atoms with Crippen LogP contribution in [0.4, 0.5) is 0 Å². The van der Waals surface area contributed by atoms with Crippen LogP contribution in [0.5, 0.6) is 5.75 Å². The van der Waals surface area contributed by atoms with E-state index in [0.717, 1.165) is 29.8 Å². The van der Waals surface area contributed by atoms with Crippen molar-refractivity contribution in [3.63, 3.8) is 0 Å². The second kappa shape index (κ2) is 7.72. The standard InChI is InChI=1S/C21H27N3O3/c1-14-7-5-8-15(2)24(14)12-6-11-22-21(25)19-17-13-26-18-10-4-3-9-16(18)20(17)27-23-19/h3-4,9-10,14-15H,5-8,11-13H2,1-2H3,(H,22,25). The van der Waals surface area contributed by atoms with Gasteiger partial charge < -0.3 is 14.6 Å². The van der Waals surface area contributed by atoms with Crippen molar-refractivity contribution >= 4 is 5.91 Å². The maximum atomic E-state index is 12.6. The van der Waals surface area contributed by atoms with Gasteiger partial charge in [0, 0.05) is 25.2 Å². The Labute approximate surface area is 159 Å². The first-order chi connectivity index (χ1) is 13.1. The van der Waals surface area contributed by atoms with Gasteiger partial charge in [-0.1, -0.05) is 23.7 Å². The first kappa shape index (κ1) is 18.0. The van der Waals surface area contributed by atoms with Crippen molar-refractivity contribution in [1.82, 2.24) is 15.4 Å². The van der Waals surface area contributed by atoms with Crippen LogP contribution in [0.3, 0.4) is 0 Å². The molecular weight excluding hydrogens is 342 g/mol. The molecule has 0 aliphatic carbocycles. The van der Waals surface area contributed by atoms with Crippen molar-refractivity contribution in [2.45, 2.75) is 58.2 Å². The molecule has 6 heteroatoms. The molecule has 1 fully saturated rings. The van der Waals surface area contributed by atoms with E-state index in [0.29, 0.717) is 36.7 Å². The lowest BCUT2D eigenvalue weighted by Gasteiger charge is -2.39. The number of hydrogen-bond donors (Lipinski definition) is 1. The maximum Gasteiger partial charge on any atom is 0.273 e. The predicted molar refractivity (Wildman–Crippen MR) is 103 cm³/mol. The van der Waals surface area contributed by atoms with Gasteiger partial charge in [-0.2, -0.15) is 0 Å². The number of amides is 1. The highest BCUT2D eigenvalue weighted by Crippen LogP contribution is 2.38. The molecule has 1 aromatic heterocycles. The monoisotopic (exact) mass is 369 g/mol. The molecule has 0 radical (unpaired) electrons. The topological polar surface area (TPSA) is 67.6 Å². The Morgan fingerprint density at radius 1 is 1.26 bits per heavy atom. The normalized spacial score (nSPS) is 21.9. The zero-order valence-corrected chi connectivity index (χ0v) is 16.0. The number of aromatic nitrogens is 1. The van der Waals surface area contributed by atoms with E-state index >= 15 is 0 Å². The molecule has 4 rings (SSSR count). The van der Waals surface area contributed by atoms with Crippen LogP contribution in [0, 0.1) is 0 Å². The summed E-state index contributed by atoms with van der Waals surface area (Å²) in [6.07, 6.45) is 4.78. The molecule has 3 heterocycles. The van der Waals surface area contributed by atoms with E-state index < -0.39 is 0 Å². The Morgan fingerprint density at radius 2 is 2.04 bits per heavy atom. The number of benzene rings is 1. The molecule has 1 amide bonds. The fraction of sp³-hybridized carbons (Fsp3) is 0.524. The van der Waals surface area contributed by atoms with Gasteiger partial charge in [0.15, 0.2) is 11.5 Å². The Hall–Kier alpha value is -2.34. The Balaban J connectivity index is 1.34. The van der Waals surface area contributed by atoms with Crippen LogP contribution in [0.25, 0.3) is 11.3 Å². The lowest BCUT2D eigenvalue weighted by molar-refractivity contribution is 0.0916. The number of likely N-dealkylation sites (tertiary alicyclic amines) is 1. The van der Waals surface area contributed by atoms with Crippen molar-refractivity contribution < 1.29 is 14.1 Å². The summed E-state index contributed by atoms with van der Waals surface area (Å²) in [4.78, 5) is 15.1.